The minimum absolute atomic E-state index is 0.00506. The largest absolute Gasteiger partial charge is 0.462 e. The molecule has 0 fully saturated rings. The Morgan fingerprint density at radius 2 is 1.63 bits per heavy atom. The lowest BCUT2D eigenvalue weighted by atomic mass is 9.98. The lowest BCUT2D eigenvalue weighted by molar-refractivity contribution is -0.138. The molecule has 0 aliphatic carbocycles. The second kappa shape index (κ2) is 11.0. The van der Waals surface area contributed by atoms with Crippen molar-refractivity contribution in [3.63, 3.8) is 0 Å². The smallest absolute Gasteiger partial charge is 0.348 e. The summed E-state index contributed by atoms with van der Waals surface area (Å²) in [6.45, 7) is 2.09. The van der Waals surface area contributed by atoms with Crippen molar-refractivity contribution in [1.29, 1.82) is 5.26 Å². The highest BCUT2D eigenvalue weighted by Crippen LogP contribution is 2.33. The predicted octanol–water partition coefficient (Wildman–Crippen LogP) is 5.97. The van der Waals surface area contributed by atoms with Crippen LogP contribution in [0.25, 0.3) is 16.7 Å². The molecule has 0 atom stereocenters. The molecule has 0 amide bonds. The number of hydrogen-bond acceptors (Lipinski definition) is 5. The number of carbonyl (C=O) groups is 2. The van der Waals surface area contributed by atoms with E-state index < -0.39 is 5.97 Å². The molecule has 3 aromatic rings. The first kappa shape index (κ1) is 23.5. The van der Waals surface area contributed by atoms with E-state index in [1.807, 2.05) is 102 Å². The monoisotopic (exact) mass is 460 g/mol. The van der Waals surface area contributed by atoms with Crippen molar-refractivity contribution in [3.8, 4) is 17.2 Å². The number of fused-ring (bicyclic) bond motifs is 1. The summed E-state index contributed by atoms with van der Waals surface area (Å²) in [5.41, 5.74) is 5.35. The number of esters is 1. The molecule has 5 heteroatoms. The second-order valence-electron chi connectivity index (χ2n) is 7.86. The number of benzene rings is 3. The molecule has 0 unspecified atom stereocenters. The van der Waals surface area contributed by atoms with Gasteiger partial charge in [0.1, 0.15) is 11.6 Å². The first-order chi connectivity index (χ1) is 17.1. The highest BCUT2D eigenvalue weighted by atomic mass is 16.5. The maximum Gasteiger partial charge on any atom is 0.348 e. The molecule has 5 nitrogen and oxygen atoms in total. The van der Waals surface area contributed by atoms with Gasteiger partial charge >= 0.3 is 5.97 Å². The number of carbonyl (C=O) groups excluding carboxylic acids is 2. The third kappa shape index (κ3) is 5.45. The Hall–Kier alpha value is -4.69. The number of rotatable bonds is 7. The van der Waals surface area contributed by atoms with Crippen LogP contribution in [0.5, 0.6) is 0 Å². The summed E-state index contributed by atoms with van der Waals surface area (Å²) >= 11 is 0. The average molecular weight is 461 g/mol. The van der Waals surface area contributed by atoms with E-state index in [1.165, 1.54) is 6.08 Å². The first-order valence-electron chi connectivity index (χ1n) is 11.3. The molecule has 0 N–H and O–H groups in total. The Balaban J connectivity index is 1.54. The van der Waals surface area contributed by atoms with Gasteiger partial charge in [0, 0.05) is 23.0 Å². The Labute approximate surface area is 204 Å². The molecule has 4 rings (SSSR count). The summed E-state index contributed by atoms with van der Waals surface area (Å²) in [4.78, 5) is 26.9. The molecular weight excluding hydrogens is 436 g/mol. The number of ketones is 1. The van der Waals surface area contributed by atoms with Crippen LogP contribution in [0.3, 0.4) is 0 Å². The van der Waals surface area contributed by atoms with Gasteiger partial charge in [-0.25, -0.2) is 4.79 Å². The van der Waals surface area contributed by atoms with Crippen molar-refractivity contribution in [1.82, 2.24) is 0 Å². The number of ether oxygens (including phenoxy) is 1. The zero-order chi connectivity index (χ0) is 24.6. The molecule has 0 bridgehead atoms. The highest BCUT2D eigenvalue weighted by molar-refractivity contribution is 6.01. The van der Waals surface area contributed by atoms with Crippen molar-refractivity contribution in [2.24, 2.45) is 0 Å². The summed E-state index contributed by atoms with van der Waals surface area (Å²) in [6, 6.07) is 27.3. The molecule has 0 saturated carbocycles. The second-order valence-corrected chi connectivity index (χ2v) is 7.86. The quantitative estimate of drug-likeness (QED) is 0.188. The number of allylic oxidation sites excluding steroid dienone is 4. The maximum absolute atomic E-state index is 13.1. The highest BCUT2D eigenvalue weighted by Gasteiger charge is 2.19. The topological polar surface area (TPSA) is 70.4 Å². The summed E-state index contributed by atoms with van der Waals surface area (Å²) in [7, 11) is 0. The van der Waals surface area contributed by atoms with E-state index in [0.717, 1.165) is 28.0 Å². The van der Waals surface area contributed by atoms with Crippen LogP contribution in [-0.2, 0) is 9.53 Å². The average Bonchev–Trinajstić information content (AvgIpc) is 2.90. The van der Waals surface area contributed by atoms with Crippen LogP contribution < -0.4 is 4.90 Å². The molecule has 1 aliphatic rings. The summed E-state index contributed by atoms with van der Waals surface area (Å²) in [5, 5.41) is 9.27. The van der Waals surface area contributed by atoms with Crippen molar-refractivity contribution in [3.05, 3.63) is 120 Å². The number of para-hydroxylation sites is 1. The lowest BCUT2D eigenvalue weighted by Gasteiger charge is -2.27. The fourth-order valence-electron chi connectivity index (χ4n) is 3.85. The predicted molar refractivity (Wildman–Crippen MR) is 137 cm³/mol. The standard InChI is InChI=1S/C30H24N2O3/c1-2-35-30(34)26(20-31)17-14-24-18-19-32(28-11-7-6-10-27(24)28)21-29(33)25-15-12-23(13-16-25)22-8-4-3-5-9-22/h3-19H,2,21H2,1H3/b24-14+,26-17+. The van der Waals surface area contributed by atoms with Crippen molar-refractivity contribution in [2.75, 3.05) is 18.1 Å². The Kier molecular flexibility index (Phi) is 7.34. The number of nitriles is 1. The molecule has 0 spiro atoms. The number of hydrogen-bond donors (Lipinski definition) is 0. The van der Waals surface area contributed by atoms with Crippen LogP contribution >= 0.6 is 0 Å². The third-order valence-corrected chi connectivity index (χ3v) is 5.63. The van der Waals surface area contributed by atoms with Crippen LogP contribution in [0.2, 0.25) is 0 Å². The summed E-state index contributed by atoms with van der Waals surface area (Å²) < 4.78 is 4.92. The van der Waals surface area contributed by atoms with Gasteiger partial charge in [-0.1, -0.05) is 78.9 Å². The SMILES string of the molecule is CCOC(=O)/C(C#N)=C/C=C1\C=CN(CC(=O)c2ccc(-c3ccccc3)cc2)c2ccccc21. The molecule has 1 heterocycles. The fraction of sp³-hybridized carbons (Fsp3) is 0.100. The Morgan fingerprint density at radius 3 is 2.34 bits per heavy atom. The van der Waals surface area contributed by atoms with E-state index in [0.29, 0.717) is 5.56 Å². The number of nitrogens with zero attached hydrogens (tertiary/aromatic N) is 2. The fourth-order valence-corrected chi connectivity index (χ4v) is 3.85. The molecule has 172 valence electrons. The number of Topliss-reactive ketones (excluding diaryl/α,β-unsaturated/α-hetero) is 1. The molecule has 3 aromatic carbocycles. The van der Waals surface area contributed by atoms with Crippen molar-refractivity contribution in [2.45, 2.75) is 6.92 Å². The summed E-state index contributed by atoms with van der Waals surface area (Å²) in [5.74, 6) is -0.643. The molecule has 1 aliphatic heterocycles. The summed E-state index contributed by atoms with van der Waals surface area (Å²) in [6.07, 6.45) is 6.88. The van der Waals surface area contributed by atoms with Crippen molar-refractivity contribution < 1.29 is 14.3 Å². The van der Waals surface area contributed by atoms with Gasteiger partial charge in [-0.2, -0.15) is 5.26 Å². The minimum atomic E-state index is -0.648. The van der Waals surface area contributed by atoms with Gasteiger partial charge in [0.05, 0.1) is 13.2 Å². The van der Waals surface area contributed by atoms with Crippen LogP contribution in [0.1, 0.15) is 22.8 Å². The van der Waals surface area contributed by atoms with E-state index in [2.05, 4.69) is 0 Å². The van der Waals surface area contributed by atoms with Crippen molar-refractivity contribution >= 4 is 23.0 Å². The van der Waals surface area contributed by atoms with E-state index in [-0.39, 0.29) is 24.5 Å². The van der Waals surface area contributed by atoms with Crippen LogP contribution in [-0.4, -0.2) is 24.9 Å². The van der Waals surface area contributed by atoms with Gasteiger partial charge in [-0.05, 0) is 41.8 Å². The maximum atomic E-state index is 13.1. The molecule has 0 radical (unpaired) electrons. The first-order valence-corrected chi connectivity index (χ1v) is 11.3. The van der Waals surface area contributed by atoms with Gasteiger partial charge in [-0.3, -0.25) is 4.79 Å². The van der Waals surface area contributed by atoms with Crippen LogP contribution in [0, 0.1) is 11.3 Å². The molecule has 35 heavy (non-hydrogen) atoms. The van der Waals surface area contributed by atoms with Gasteiger partial charge in [-0.15, -0.1) is 0 Å². The van der Waals surface area contributed by atoms with Gasteiger partial charge in [0.2, 0.25) is 0 Å². The molecule has 0 aromatic heterocycles. The number of anilines is 1. The zero-order valence-electron chi connectivity index (χ0n) is 19.3. The van der Waals surface area contributed by atoms with Crippen LogP contribution in [0.4, 0.5) is 5.69 Å². The van der Waals surface area contributed by atoms with Gasteiger partial charge in [0.25, 0.3) is 0 Å². The molecule has 0 saturated heterocycles. The van der Waals surface area contributed by atoms with E-state index in [9.17, 15) is 14.9 Å². The van der Waals surface area contributed by atoms with E-state index in [4.69, 9.17) is 4.74 Å². The van der Waals surface area contributed by atoms with E-state index >= 15 is 0 Å². The molecular formula is C30H24N2O3. The third-order valence-electron chi connectivity index (χ3n) is 5.63. The Morgan fingerprint density at radius 1 is 0.943 bits per heavy atom. The van der Waals surface area contributed by atoms with Gasteiger partial charge in [0.15, 0.2) is 5.78 Å². The minimum Gasteiger partial charge on any atom is -0.462 e. The zero-order valence-corrected chi connectivity index (χ0v) is 19.3. The van der Waals surface area contributed by atoms with E-state index in [1.54, 1.807) is 13.0 Å². The van der Waals surface area contributed by atoms with Crippen LogP contribution in [0.15, 0.2) is 109 Å². The lowest BCUT2D eigenvalue weighted by Crippen LogP contribution is -2.27. The van der Waals surface area contributed by atoms with Gasteiger partial charge < -0.3 is 9.64 Å². The normalized spacial score (nSPS) is 13.8. The Bertz CT molecular complexity index is 1360.